The molecular formula is C23H30N2O3. The molecule has 1 amide bonds. The fraction of sp³-hybridized carbons (Fsp3) is 0.435. The SMILES string of the molecule is COc1cc2c(cc1OC)C(C(C)NC(C)=O)N(Cc1ccc(C)cc1)CC2. The zero-order chi connectivity index (χ0) is 20.3. The minimum Gasteiger partial charge on any atom is -0.493 e. The van der Waals surface area contributed by atoms with Gasteiger partial charge in [0, 0.05) is 26.1 Å². The van der Waals surface area contributed by atoms with Crippen molar-refractivity contribution in [2.75, 3.05) is 20.8 Å². The number of carbonyl (C=O) groups excluding carboxylic acids is 1. The Morgan fingerprint density at radius 1 is 1.18 bits per heavy atom. The van der Waals surface area contributed by atoms with E-state index in [0.717, 1.165) is 31.0 Å². The van der Waals surface area contributed by atoms with Gasteiger partial charge in [-0.05, 0) is 49.1 Å². The van der Waals surface area contributed by atoms with Gasteiger partial charge in [0.2, 0.25) is 5.91 Å². The fourth-order valence-corrected chi connectivity index (χ4v) is 4.12. The molecule has 28 heavy (non-hydrogen) atoms. The number of nitrogens with one attached hydrogen (secondary N) is 1. The molecule has 0 aliphatic carbocycles. The maximum absolute atomic E-state index is 11.8. The number of nitrogens with zero attached hydrogens (tertiary/aromatic N) is 1. The van der Waals surface area contributed by atoms with Crippen molar-refractivity contribution in [2.24, 2.45) is 0 Å². The Balaban J connectivity index is 1.99. The predicted octanol–water partition coefficient (Wildman–Crippen LogP) is 3.64. The Morgan fingerprint density at radius 2 is 1.82 bits per heavy atom. The van der Waals surface area contributed by atoms with Crippen LogP contribution in [0.5, 0.6) is 11.5 Å². The topological polar surface area (TPSA) is 50.8 Å². The number of amides is 1. The van der Waals surface area contributed by atoms with Crippen LogP contribution < -0.4 is 14.8 Å². The zero-order valence-electron chi connectivity index (χ0n) is 17.4. The van der Waals surface area contributed by atoms with Crippen molar-refractivity contribution in [2.45, 2.75) is 45.8 Å². The van der Waals surface area contributed by atoms with E-state index in [-0.39, 0.29) is 18.0 Å². The van der Waals surface area contributed by atoms with Crippen LogP contribution in [-0.2, 0) is 17.8 Å². The molecule has 0 bridgehead atoms. The molecule has 0 aromatic heterocycles. The van der Waals surface area contributed by atoms with Crippen molar-refractivity contribution in [1.82, 2.24) is 10.2 Å². The number of hydrogen-bond donors (Lipinski definition) is 1. The molecule has 1 N–H and O–H groups in total. The summed E-state index contributed by atoms with van der Waals surface area (Å²) in [5.41, 5.74) is 4.97. The number of fused-ring (bicyclic) bond motifs is 1. The lowest BCUT2D eigenvalue weighted by Gasteiger charge is -2.41. The summed E-state index contributed by atoms with van der Waals surface area (Å²) in [4.78, 5) is 14.2. The summed E-state index contributed by atoms with van der Waals surface area (Å²) in [7, 11) is 3.32. The quantitative estimate of drug-likeness (QED) is 0.829. The van der Waals surface area contributed by atoms with Gasteiger partial charge in [0.05, 0.1) is 20.3 Å². The molecule has 2 aromatic carbocycles. The van der Waals surface area contributed by atoms with Crippen LogP contribution in [0.1, 0.15) is 42.1 Å². The van der Waals surface area contributed by atoms with Gasteiger partial charge < -0.3 is 14.8 Å². The van der Waals surface area contributed by atoms with Gasteiger partial charge in [0.15, 0.2) is 11.5 Å². The first-order chi connectivity index (χ1) is 13.4. The van der Waals surface area contributed by atoms with Crippen molar-refractivity contribution < 1.29 is 14.3 Å². The van der Waals surface area contributed by atoms with Gasteiger partial charge in [-0.1, -0.05) is 29.8 Å². The number of carbonyl (C=O) groups is 1. The van der Waals surface area contributed by atoms with Crippen LogP contribution in [0.2, 0.25) is 0 Å². The van der Waals surface area contributed by atoms with Crippen LogP contribution in [0.3, 0.4) is 0 Å². The lowest BCUT2D eigenvalue weighted by Crippen LogP contribution is -2.46. The van der Waals surface area contributed by atoms with Crippen molar-refractivity contribution in [3.63, 3.8) is 0 Å². The summed E-state index contributed by atoms with van der Waals surface area (Å²) in [6.07, 6.45) is 0.935. The molecule has 2 atom stereocenters. The van der Waals surface area contributed by atoms with Gasteiger partial charge in [-0.2, -0.15) is 0 Å². The lowest BCUT2D eigenvalue weighted by atomic mass is 9.87. The summed E-state index contributed by atoms with van der Waals surface area (Å²) < 4.78 is 11.0. The minimum atomic E-state index is -0.0277. The van der Waals surface area contributed by atoms with Crippen LogP contribution >= 0.6 is 0 Å². The maximum Gasteiger partial charge on any atom is 0.217 e. The third-order valence-corrected chi connectivity index (χ3v) is 5.44. The number of ether oxygens (including phenoxy) is 2. The van der Waals surface area contributed by atoms with Gasteiger partial charge in [0.25, 0.3) is 0 Å². The Bertz CT molecular complexity index is 832. The highest BCUT2D eigenvalue weighted by Crippen LogP contribution is 2.40. The second-order valence-corrected chi connectivity index (χ2v) is 7.55. The summed E-state index contributed by atoms with van der Waals surface area (Å²) in [6.45, 7) is 7.50. The molecule has 1 heterocycles. The molecule has 2 unspecified atom stereocenters. The summed E-state index contributed by atoms with van der Waals surface area (Å²) >= 11 is 0. The van der Waals surface area contributed by atoms with Crippen molar-refractivity contribution in [1.29, 1.82) is 0 Å². The molecule has 0 fully saturated rings. The number of aryl methyl sites for hydroxylation is 1. The number of rotatable bonds is 6. The van der Waals surface area contributed by atoms with Crippen molar-refractivity contribution >= 4 is 5.91 Å². The standard InChI is InChI=1S/C23H30N2O3/c1-15-6-8-18(9-7-15)14-25-11-10-19-12-21(27-4)22(28-5)13-20(19)23(25)16(2)24-17(3)26/h6-9,12-13,16,23H,10-11,14H2,1-5H3,(H,24,26). The largest absolute Gasteiger partial charge is 0.493 e. The van der Waals surface area contributed by atoms with Crippen molar-refractivity contribution in [3.05, 3.63) is 58.7 Å². The van der Waals surface area contributed by atoms with Gasteiger partial charge in [0.1, 0.15) is 0 Å². The smallest absolute Gasteiger partial charge is 0.217 e. The number of benzene rings is 2. The highest BCUT2D eigenvalue weighted by Gasteiger charge is 2.33. The molecule has 1 aliphatic rings. The van der Waals surface area contributed by atoms with Crippen LogP contribution in [0, 0.1) is 6.92 Å². The van der Waals surface area contributed by atoms with Crippen LogP contribution in [0.4, 0.5) is 0 Å². The van der Waals surface area contributed by atoms with E-state index in [1.807, 2.05) is 0 Å². The average Bonchev–Trinajstić information content (AvgIpc) is 2.67. The molecule has 3 rings (SSSR count). The van der Waals surface area contributed by atoms with E-state index >= 15 is 0 Å². The second kappa shape index (κ2) is 8.65. The summed E-state index contributed by atoms with van der Waals surface area (Å²) in [5, 5.41) is 3.09. The van der Waals surface area contributed by atoms with E-state index in [9.17, 15) is 4.79 Å². The first-order valence-electron chi connectivity index (χ1n) is 9.74. The summed E-state index contributed by atoms with van der Waals surface area (Å²) in [6, 6.07) is 12.8. The number of methoxy groups -OCH3 is 2. The third-order valence-electron chi connectivity index (χ3n) is 5.44. The van der Waals surface area contributed by atoms with Crippen LogP contribution in [0.25, 0.3) is 0 Å². The predicted molar refractivity (Wildman–Crippen MR) is 111 cm³/mol. The molecule has 0 saturated heterocycles. The van der Waals surface area contributed by atoms with E-state index in [2.05, 4.69) is 60.5 Å². The van der Waals surface area contributed by atoms with E-state index in [1.54, 1.807) is 21.1 Å². The monoisotopic (exact) mass is 382 g/mol. The maximum atomic E-state index is 11.8. The minimum absolute atomic E-state index is 0.0182. The number of hydrogen-bond acceptors (Lipinski definition) is 4. The van der Waals surface area contributed by atoms with Crippen molar-refractivity contribution in [3.8, 4) is 11.5 Å². The first kappa shape index (κ1) is 20.2. The van der Waals surface area contributed by atoms with E-state index in [4.69, 9.17) is 9.47 Å². The van der Waals surface area contributed by atoms with Crippen LogP contribution in [0.15, 0.2) is 36.4 Å². The van der Waals surface area contributed by atoms with Gasteiger partial charge in [-0.15, -0.1) is 0 Å². The molecule has 150 valence electrons. The van der Waals surface area contributed by atoms with E-state index < -0.39 is 0 Å². The molecule has 2 aromatic rings. The normalized spacial score (nSPS) is 17.5. The molecule has 0 saturated carbocycles. The lowest BCUT2D eigenvalue weighted by molar-refractivity contribution is -0.120. The zero-order valence-corrected chi connectivity index (χ0v) is 17.4. The molecule has 0 radical (unpaired) electrons. The molecule has 5 heteroatoms. The van der Waals surface area contributed by atoms with Gasteiger partial charge in [-0.3, -0.25) is 9.69 Å². The highest BCUT2D eigenvalue weighted by atomic mass is 16.5. The Labute approximate surface area is 167 Å². The molecule has 5 nitrogen and oxygen atoms in total. The Morgan fingerprint density at radius 3 is 2.43 bits per heavy atom. The molecular weight excluding hydrogens is 352 g/mol. The third kappa shape index (κ3) is 4.30. The first-order valence-corrected chi connectivity index (χ1v) is 9.74. The molecule has 1 aliphatic heterocycles. The second-order valence-electron chi connectivity index (χ2n) is 7.55. The van der Waals surface area contributed by atoms with E-state index in [0.29, 0.717) is 0 Å². The Kier molecular flexibility index (Phi) is 6.25. The van der Waals surface area contributed by atoms with Gasteiger partial charge in [-0.25, -0.2) is 0 Å². The average molecular weight is 383 g/mol. The van der Waals surface area contributed by atoms with E-state index in [1.165, 1.54) is 22.3 Å². The van der Waals surface area contributed by atoms with Gasteiger partial charge >= 0.3 is 0 Å². The van der Waals surface area contributed by atoms with Crippen LogP contribution in [-0.4, -0.2) is 37.6 Å². The summed E-state index contributed by atoms with van der Waals surface area (Å²) in [5.74, 6) is 1.45. The fourth-order valence-electron chi connectivity index (χ4n) is 4.12. The Hall–Kier alpha value is -2.53. The molecule has 0 spiro atoms. The highest BCUT2D eigenvalue weighted by molar-refractivity contribution is 5.73.